The van der Waals surface area contributed by atoms with Crippen molar-refractivity contribution in [3.8, 4) is 11.4 Å². The molecule has 0 unspecified atom stereocenters. The number of rotatable bonds is 3. The van der Waals surface area contributed by atoms with Crippen molar-refractivity contribution in [3.05, 3.63) is 59.7 Å². The van der Waals surface area contributed by atoms with Crippen molar-refractivity contribution < 1.29 is 17.7 Å². The van der Waals surface area contributed by atoms with E-state index in [1.54, 1.807) is 12.1 Å². The molecular weight excluding hydrogens is 283 g/mol. The Balaban J connectivity index is 1.79. The van der Waals surface area contributed by atoms with Crippen molar-refractivity contribution in [2.24, 2.45) is 0 Å². The number of hydrogen-bond acceptors (Lipinski definition) is 3. The van der Waals surface area contributed by atoms with Gasteiger partial charge in [-0.2, -0.15) is 18.2 Å². The van der Waals surface area contributed by atoms with Gasteiger partial charge in [0.2, 0.25) is 5.82 Å². The number of H-pyrrole nitrogens is 1. The second-order valence-corrected chi connectivity index (χ2v) is 4.51. The van der Waals surface area contributed by atoms with E-state index in [9.17, 15) is 13.2 Å². The van der Waals surface area contributed by atoms with Gasteiger partial charge in [0.15, 0.2) is 0 Å². The first-order valence-electron chi connectivity index (χ1n) is 6.14. The van der Waals surface area contributed by atoms with E-state index in [2.05, 4.69) is 19.6 Å². The summed E-state index contributed by atoms with van der Waals surface area (Å²) in [4.78, 5) is 6.31. The zero-order valence-electron chi connectivity index (χ0n) is 10.7. The molecule has 0 fully saturated rings. The molecule has 0 amide bonds. The van der Waals surface area contributed by atoms with Crippen LogP contribution in [0.25, 0.3) is 11.4 Å². The van der Waals surface area contributed by atoms with E-state index in [0.717, 1.165) is 17.5 Å². The standard InChI is InChI=1S/C14H10F3N3O/c15-14(16,17)13-19-12(20-21-13)11-3-1-9(2-4-11)7-10-5-6-18-8-10/h1-6,8,18H,7H2. The molecule has 7 heteroatoms. The molecule has 0 bridgehead atoms. The highest BCUT2D eigenvalue weighted by molar-refractivity contribution is 5.54. The zero-order chi connectivity index (χ0) is 14.9. The Kier molecular flexibility index (Phi) is 3.25. The molecular formula is C14H10F3N3O. The van der Waals surface area contributed by atoms with Gasteiger partial charge in [0.25, 0.3) is 0 Å². The van der Waals surface area contributed by atoms with Crippen LogP contribution in [0.15, 0.2) is 47.2 Å². The lowest BCUT2D eigenvalue weighted by Gasteiger charge is -2.00. The summed E-state index contributed by atoms with van der Waals surface area (Å²) in [6.07, 6.45) is -0.159. The van der Waals surface area contributed by atoms with Crippen LogP contribution in [0.2, 0.25) is 0 Å². The van der Waals surface area contributed by atoms with Crippen molar-refractivity contribution in [2.45, 2.75) is 12.6 Å². The fourth-order valence-electron chi connectivity index (χ4n) is 1.93. The van der Waals surface area contributed by atoms with E-state index >= 15 is 0 Å². The minimum Gasteiger partial charge on any atom is -0.367 e. The van der Waals surface area contributed by atoms with Gasteiger partial charge in [-0.05, 0) is 23.6 Å². The summed E-state index contributed by atoms with van der Waals surface area (Å²) >= 11 is 0. The van der Waals surface area contributed by atoms with Gasteiger partial charge in [-0.1, -0.05) is 29.4 Å². The van der Waals surface area contributed by atoms with Crippen LogP contribution in [0.1, 0.15) is 17.0 Å². The highest BCUT2D eigenvalue weighted by Gasteiger charge is 2.38. The molecule has 21 heavy (non-hydrogen) atoms. The van der Waals surface area contributed by atoms with Crippen molar-refractivity contribution in [1.29, 1.82) is 0 Å². The summed E-state index contributed by atoms with van der Waals surface area (Å²) in [5.41, 5.74) is 2.65. The topological polar surface area (TPSA) is 54.7 Å². The first-order valence-corrected chi connectivity index (χ1v) is 6.14. The van der Waals surface area contributed by atoms with E-state index in [-0.39, 0.29) is 5.82 Å². The van der Waals surface area contributed by atoms with Crippen LogP contribution >= 0.6 is 0 Å². The molecule has 0 radical (unpaired) electrons. The third-order valence-electron chi connectivity index (χ3n) is 2.95. The molecule has 4 nitrogen and oxygen atoms in total. The van der Waals surface area contributed by atoms with E-state index in [4.69, 9.17) is 0 Å². The Morgan fingerprint density at radius 3 is 2.38 bits per heavy atom. The molecule has 2 heterocycles. The van der Waals surface area contributed by atoms with Crippen LogP contribution < -0.4 is 0 Å². The monoisotopic (exact) mass is 293 g/mol. The van der Waals surface area contributed by atoms with Crippen molar-refractivity contribution in [3.63, 3.8) is 0 Å². The highest BCUT2D eigenvalue weighted by Crippen LogP contribution is 2.29. The van der Waals surface area contributed by atoms with Gasteiger partial charge >= 0.3 is 12.1 Å². The maximum Gasteiger partial charge on any atom is 0.471 e. The van der Waals surface area contributed by atoms with Gasteiger partial charge in [0.1, 0.15) is 0 Å². The first-order chi connectivity index (χ1) is 10.0. The lowest BCUT2D eigenvalue weighted by molar-refractivity contribution is -0.159. The van der Waals surface area contributed by atoms with E-state index < -0.39 is 12.1 Å². The Labute approximate surface area is 117 Å². The fraction of sp³-hybridized carbons (Fsp3) is 0.143. The molecule has 0 saturated heterocycles. The maximum atomic E-state index is 12.4. The SMILES string of the molecule is FC(F)(F)c1nc(-c2ccc(Cc3cc[nH]c3)cc2)no1. The quantitative estimate of drug-likeness (QED) is 0.801. The van der Waals surface area contributed by atoms with Crippen LogP contribution in [-0.2, 0) is 12.6 Å². The number of aromatic nitrogens is 3. The average Bonchev–Trinajstić information content (AvgIpc) is 3.09. The minimum absolute atomic E-state index is 0.0736. The molecule has 0 aliphatic heterocycles. The van der Waals surface area contributed by atoms with Crippen LogP contribution in [0, 0.1) is 0 Å². The predicted octanol–water partition coefficient (Wildman–Crippen LogP) is 3.67. The number of hydrogen-bond donors (Lipinski definition) is 1. The molecule has 0 spiro atoms. The number of benzene rings is 1. The van der Waals surface area contributed by atoms with Crippen LogP contribution in [-0.4, -0.2) is 15.1 Å². The average molecular weight is 293 g/mol. The van der Waals surface area contributed by atoms with E-state index in [1.165, 1.54) is 0 Å². The molecule has 108 valence electrons. The Morgan fingerprint density at radius 1 is 1.05 bits per heavy atom. The van der Waals surface area contributed by atoms with Gasteiger partial charge in [-0.3, -0.25) is 0 Å². The molecule has 1 aromatic carbocycles. The maximum absolute atomic E-state index is 12.4. The van der Waals surface area contributed by atoms with Crippen molar-refractivity contribution in [2.75, 3.05) is 0 Å². The minimum atomic E-state index is -4.63. The van der Waals surface area contributed by atoms with E-state index in [0.29, 0.717) is 5.56 Å². The van der Waals surface area contributed by atoms with Crippen LogP contribution in [0.3, 0.4) is 0 Å². The van der Waals surface area contributed by atoms with Crippen LogP contribution in [0.4, 0.5) is 13.2 Å². The van der Waals surface area contributed by atoms with Gasteiger partial charge in [0.05, 0.1) is 0 Å². The molecule has 3 aromatic rings. The van der Waals surface area contributed by atoms with E-state index in [1.807, 2.05) is 30.6 Å². The van der Waals surface area contributed by atoms with Gasteiger partial charge < -0.3 is 9.51 Å². The van der Waals surface area contributed by atoms with Gasteiger partial charge in [-0.15, -0.1) is 0 Å². The zero-order valence-corrected chi connectivity index (χ0v) is 10.7. The van der Waals surface area contributed by atoms with Crippen molar-refractivity contribution >= 4 is 0 Å². The predicted molar refractivity (Wildman–Crippen MR) is 68.3 cm³/mol. The third kappa shape index (κ3) is 2.96. The molecule has 3 rings (SSSR count). The van der Waals surface area contributed by atoms with Gasteiger partial charge in [0, 0.05) is 18.0 Å². The second kappa shape index (κ2) is 5.08. The van der Waals surface area contributed by atoms with Crippen LogP contribution in [0.5, 0.6) is 0 Å². The summed E-state index contributed by atoms with van der Waals surface area (Å²) < 4.78 is 41.4. The lowest BCUT2D eigenvalue weighted by Crippen LogP contribution is -2.04. The largest absolute Gasteiger partial charge is 0.471 e. The molecule has 1 N–H and O–H groups in total. The summed E-state index contributed by atoms with van der Waals surface area (Å²) in [5.74, 6) is -1.41. The smallest absolute Gasteiger partial charge is 0.367 e. The lowest BCUT2D eigenvalue weighted by atomic mass is 10.1. The number of nitrogens with zero attached hydrogens (tertiary/aromatic N) is 2. The molecule has 0 aliphatic rings. The highest BCUT2D eigenvalue weighted by atomic mass is 19.4. The molecule has 0 saturated carbocycles. The Bertz CT molecular complexity index is 715. The normalized spacial score (nSPS) is 11.8. The van der Waals surface area contributed by atoms with Crippen molar-refractivity contribution in [1.82, 2.24) is 15.1 Å². The Morgan fingerprint density at radius 2 is 1.81 bits per heavy atom. The fourth-order valence-corrected chi connectivity index (χ4v) is 1.93. The summed E-state index contributed by atoms with van der Waals surface area (Å²) in [6, 6.07) is 8.96. The second-order valence-electron chi connectivity index (χ2n) is 4.51. The summed E-state index contributed by atoms with van der Waals surface area (Å²) in [7, 11) is 0. The van der Waals surface area contributed by atoms with Gasteiger partial charge in [-0.25, -0.2) is 0 Å². The number of aromatic amines is 1. The Hall–Kier alpha value is -2.57. The molecule has 2 aromatic heterocycles. The number of nitrogens with one attached hydrogen (secondary N) is 1. The molecule has 0 aliphatic carbocycles. The summed E-state index contributed by atoms with van der Waals surface area (Å²) in [6.45, 7) is 0. The first kappa shape index (κ1) is 13.4. The number of halogens is 3. The molecule has 0 atom stereocenters. The number of alkyl halides is 3. The third-order valence-corrected chi connectivity index (χ3v) is 2.95. The summed E-state index contributed by atoms with van der Waals surface area (Å²) in [5, 5.41) is 3.35.